The van der Waals surface area contributed by atoms with Crippen LogP contribution in [0.15, 0.2) is 48.5 Å². The van der Waals surface area contributed by atoms with Gasteiger partial charge in [0.1, 0.15) is 0 Å². The first-order valence-corrected chi connectivity index (χ1v) is 13.1. The van der Waals surface area contributed by atoms with Crippen LogP contribution in [0.25, 0.3) is 0 Å². The van der Waals surface area contributed by atoms with E-state index in [-0.39, 0.29) is 49.2 Å². The van der Waals surface area contributed by atoms with E-state index in [0.29, 0.717) is 22.3 Å². The van der Waals surface area contributed by atoms with Crippen LogP contribution in [0.4, 0.5) is 0 Å². The van der Waals surface area contributed by atoms with Crippen molar-refractivity contribution in [3.63, 3.8) is 0 Å². The maximum Gasteiger partial charge on any atom is 0.356 e. The molecule has 0 N–H and O–H groups in total. The Hall–Kier alpha value is -5.48. The van der Waals surface area contributed by atoms with Crippen LogP contribution in [0, 0.1) is 23.7 Å². The summed E-state index contributed by atoms with van der Waals surface area (Å²) >= 11 is 0. The Morgan fingerprint density at radius 1 is 0.476 bits per heavy atom. The lowest BCUT2D eigenvalue weighted by Crippen LogP contribution is -2.13. The quantitative estimate of drug-likeness (QED) is 0.223. The first-order chi connectivity index (χ1) is 20.3. The van der Waals surface area contributed by atoms with Gasteiger partial charge in [-0.3, -0.25) is 0 Å². The molecule has 0 aliphatic carbocycles. The van der Waals surface area contributed by atoms with E-state index in [4.69, 9.17) is 18.9 Å². The third-order valence-electron chi connectivity index (χ3n) is 5.18. The van der Waals surface area contributed by atoms with Crippen LogP contribution in [-0.2, 0) is 18.9 Å². The largest absolute Gasteiger partial charge is 0.461 e. The summed E-state index contributed by atoms with van der Waals surface area (Å²) in [7, 11) is 0. The lowest BCUT2D eigenvalue weighted by molar-refractivity contribution is 0.0492. The molecular weight excluding hydrogens is 540 g/mol. The van der Waals surface area contributed by atoms with Crippen molar-refractivity contribution in [2.24, 2.45) is 0 Å². The van der Waals surface area contributed by atoms with Crippen molar-refractivity contribution in [2.75, 3.05) is 26.4 Å². The van der Waals surface area contributed by atoms with Crippen molar-refractivity contribution in [1.29, 1.82) is 0 Å². The SMILES string of the molecule is CCOC(=O)c1cc(C#Cc2ccc(C#Cc3cc(C(=O)OCC)nc(C(=O)OCC)c3)cc2)cc(C(=O)OCC)n1. The van der Waals surface area contributed by atoms with E-state index >= 15 is 0 Å². The molecule has 0 saturated carbocycles. The maximum atomic E-state index is 12.2. The van der Waals surface area contributed by atoms with Crippen LogP contribution in [0.2, 0.25) is 0 Å². The standard InChI is InChI=1S/C32H28N2O8/c1-5-39-29(35)25-17-23(18-26(33-25)30(36)40-6-2)15-13-21-9-11-22(12-10-21)14-16-24-19-27(31(37)41-7-3)34-28(20-24)32(38)42-8-4/h9-12,17-20H,5-8H2,1-4H3. The molecule has 0 fully saturated rings. The fourth-order valence-electron chi connectivity index (χ4n) is 3.37. The summed E-state index contributed by atoms with van der Waals surface area (Å²) in [5, 5.41) is 0. The normalized spacial score (nSPS) is 9.81. The Kier molecular flexibility index (Phi) is 11.3. The molecule has 0 spiro atoms. The minimum atomic E-state index is -0.674. The fraction of sp³-hybridized carbons (Fsp3) is 0.250. The lowest BCUT2D eigenvalue weighted by atomic mass is 10.1. The molecule has 3 aromatic rings. The summed E-state index contributed by atoms with van der Waals surface area (Å²) in [6.07, 6.45) is 0. The smallest absolute Gasteiger partial charge is 0.356 e. The Morgan fingerprint density at radius 3 is 0.952 bits per heavy atom. The zero-order valence-corrected chi connectivity index (χ0v) is 23.6. The number of pyridine rings is 2. The highest BCUT2D eigenvalue weighted by molar-refractivity contribution is 5.93. The predicted octanol–water partition coefficient (Wildman–Crippen LogP) is 3.98. The minimum absolute atomic E-state index is 0.0503. The van der Waals surface area contributed by atoms with Crippen LogP contribution in [-0.4, -0.2) is 60.3 Å². The van der Waals surface area contributed by atoms with E-state index in [1.165, 1.54) is 24.3 Å². The van der Waals surface area contributed by atoms with E-state index in [0.717, 1.165) is 0 Å². The number of hydrogen-bond donors (Lipinski definition) is 0. The van der Waals surface area contributed by atoms with Gasteiger partial charge in [0.05, 0.1) is 26.4 Å². The van der Waals surface area contributed by atoms with Gasteiger partial charge in [0.25, 0.3) is 0 Å². The van der Waals surface area contributed by atoms with Crippen LogP contribution >= 0.6 is 0 Å². The Labute approximate surface area is 243 Å². The van der Waals surface area contributed by atoms with E-state index in [9.17, 15) is 19.2 Å². The van der Waals surface area contributed by atoms with E-state index in [1.807, 2.05) is 0 Å². The molecule has 10 nitrogen and oxygen atoms in total. The molecule has 10 heteroatoms. The van der Waals surface area contributed by atoms with Crippen molar-refractivity contribution >= 4 is 23.9 Å². The molecule has 1 aromatic carbocycles. The molecule has 214 valence electrons. The third kappa shape index (κ3) is 8.77. The molecule has 0 saturated heterocycles. The van der Waals surface area contributed by atoms with Gasteiger partial charge in [0, 0.05) is 22.3 Å². The van der Waals surface area contributed by atoms with Crippen LogP contribution in [0.1, 0.15) is 91.9 Å². The van der Waals surface area contributed by atoms with Crippen LogP contribution in [0.3, 0.4) is 0 Å². The molecule has 2 heterocycles. The summed E-state index contributed by atoms with van der Waals surface area (Å²) < 4.78 is 20.0. The summed E-state index contributed by atoms with van der Waals surface area (Å²) in [5.74, 6) is 9.13. The van der Waals surface area contributed by atoms with Crippen molar-refractivity contribution < 1.29 is 38.1 Å². The summed E-state index contributed by atoms with van der Waals surface area (Å²) in [5.41, 5.74) is 1.85. The number of benzene rings is 1. The monoisotopic (exact) mass is 568 g/mol. The van der Waals surface area contributed by atoms with E-state index < -0.39 is 23.9 Å². The number of rotatable bonds is 8. The number of carbonyl (C=O) groups excluding carboxylic acids is 4. The van der Waals surface area contributed by atoms with Gasteiger partial charge >= 0.3 is 23.9 Å². The first-order valence-electron chi connectivity index (χ1n) is 13.1. The second-order valence-electron chi connectivity index (χ2n) is 8.21. The second-order valence-corrected chi connectivity index (χ2v) is 8.21. The summed E-state index contributed by atoms with van der Waals surface area (Å²) in [4.78, 5) is 57.0. The Balaban J connectivity index is 1.87. The Morgan fingerprint density at radius 2 is 0.714 bits per heavy atom. The summed E-state index contributed by atoms with van der Waals surface area (Å²) in [6, 6.07) is 12.8. The molecule has 0 amide bonds. The number of hydrogen-bond acceptors (Lipinski definition) is 10. The van der Waals surface area contributed by atoms with Gasteiger partial charge in [-0.15, -0.1) is 0 Å². The third-order valence-corrected chi connectivity index (χ3v) is 5.18. The maximum absolute atomic E-state index is 12.2. The fourth-order valence-corrected chi connectivity index (χ4v) is 3.37. The highest BCUT2D eigenvalue weighted by atomic mass is 16.5. The molecule has 0 unspecified atom stereocenters. The predicted molar refractivity (Wildman–Crippen MR) is 151 cm³/mol. The molecule has 42 heavy (non-hydrogen) atoms. The average molecular weight is 569 g/mol. The van der Waals surface area contributed by atoms with E-state index in [1.54, 1.807) is 52.0 Å². The van der Waals surface area contributed by atoms with E-state index in [2.05, 4.69) is 33.6 Å². The number of nitrogens with zero attached hydrogens (tertiary/aromatic N) is 2. The molecule has 0 radical (unpaired) electrons. The van der Waals surface area contributed by atoms with Crippen LogP contribution < -0.4 is 0 Å². The van der Waals surface area contributed by atoms with Gasteiger partial charge in [0.2, 0.25) is 0 Å². The molecule has 0 aliphatic heterocycles. The minimum Gasteiger partial charge on any atom is -0.461 e. The first kappa shape index (κ1) is 31.1. The Bertz CT molecular complexity index is 1410. The van der Waals surface area contributed by atoms with Crippen molar-refractivity contribution in [1.82, 2.24) is 9.97 Å². The lowest BCUT2D eigenvalue weighted by Gasteiger charge is -2.05. The van der Waals surface area contributed by atoms with Gasteiger partial charge < -0.3 is 18.9 Å². The van der Waals surface area contributed by atoms with Crippen molar-refractivity contribution in [3.8, 4) is 23.7 Å². The van der Waals surface area contributed by atoms with Crippen molar-refractivity contribution in [2.45, 2.75) is 27.7 Å². The molecular formula is C32H28N2O8. The molecule has 2 aromatic heterocycles. The molecule has 0 bridgehead atoms. The molecule has 0 aliphatic rings. The zero-order chi connectivity index (χ0) is 30.5. The number of esters is 4. The topological polar surface area (TPSA) is 131 Å². The van der Waals surface area contributed by atoms with Crippen LogP contribution in [0.5, 0.6) is 0 Å². The molecule has 3 rings (SSSR count). The van der Waals surface area contributed by atoms with Gasteiger partial charge in [-0.25, -0.2) is 29.1 Å². The number of carbonyl (C=O) groups is 4. The molecule has 0 atom stereocenters. The second kappa shape index (κ2) is 15.3. The summed E-state index contributed by atoms with van der Waals surface area (Å²) in [6.45, 7) is 7.28. The van der Waals surface area contributed by atoms with Gasteiger partial charge in [-0.1, -0.05) is 23.7 Å². The van der Waals surface area contributed by atoms with Gasteiger partial charge in [-0.05, 0) is 76.2 Å². The highest BCUT2D eigenvalue weighted by Crippen LogP contribution is 2.11. The van der Waals surface area contributed by atoms with Crippen molar-refractivity contribution in [3.05, 3.63) is 93.6 Å². The van der Waals surface area contributed by atoms with Gasteiger partial charge in [0.15, 0.2) is 22.8 Å². The number of ether oxygens (including phenoxy) is 4. The highest BCUT2D eigenvalue weighted by Gasteiger charge is 2.17. The number of aromatic nitrogens is 2. The zero-order valence-electron chi connectivity index (χ0n) is 23.6. The van der Waals surface area contributed by atoms with Gasteiger partial charge in [-0.2, -0.15) is 0 Å². The average Bonchev–Trinajstić information content (AvgIpc) is 2.99.